The lowest BCUT2D eigenvalue weighted by atomic mass is 9.80. The fraction of sp³-hybridized carbons (Fsp3) is 0.636. The molecule has 0 aromatic carbocycles. The van der Waals surface area contributed by atoms with Gasteiger partial charge in [-0.1, -0.05) is 11.6 Å². The highest BCUT2D eigenvalue weighted by Crippen LogP contribution is 2.51. The van der Waals surface area contributed by atoms with Crippen molar-refractivity contribution in [3.05, 3.63) is 11.6 Å². The molecule has 2 aliphatic rings. The molecule has 0 radical (unpaired) electrons. The predicted octanol–water partition coefficient (Wildman–Crippen LogP) is 1.07. The van der Waals surface area contributed by atoms with E-state index in [1.54, 1.807) is 0 Å². The van der Waals surface area contributed by atoms with Crippen LogP contribution >= 0.6 is 0 Å². The minimum atomic E-state index is -0.884. The highest BCUT2D eigenvalue weighted by atomic mass is 16.5. The average Bonchev–Trinajstić information content (AvgIpc) is 2.71. The van der Waals surface area contributed by atoms with Gasteiger partial charge in [-0.05, 0) is 25.2 Å². The molecule has 0 amide bonds. The Bertz CT molecular complexity index is 344. The Balaban J connectivity index is 2.31. The van der Waals surface area contributed by atoms with Crippen LogP contribution in [0, 0.1) is 23.7 Å². The van der Waals surface area contributed by atoms with Gasteiger partial charge < -0.3 is 9.84 Å². The topological polar surface area (TPSA) is 63.6 Å². The quantitative estimate of drug-likeness (QED) is 0.547. The van der Waals surface area contributed by atoms with Crippen LogP contribution in [0.5, 0.6) is 0 Å². The average molecular weight is 210 g/mol. The van der Waals surface area contributed by atoms with E-state index in [0.717, 1.165) is 12.0 Å². The molecule has 1 saturated carbocycles. The second kappa shape index (κ2) is 3.36. The van der Waals surface area contributed by atoms with Gasteiger partial charge in [-0.25, -0.2) is 0 Å². The number of aliphatic carboxylic acids is 1. The van der Waals surface area contributed by atoms with Crippen molar-refractivity contribution in [1.29, 1.82) is 0 Å². The van der Waals surface area contributed by atoms with E-state index in [-0.39, 0.29) is 11.8 Å². The zero-order valence-electron chi connectivity index (χ0n) is 8.77. The Morgan fingerprint density at radius 3 is 2.67 bits per heavy atom. The highest BCUT2D eigenvalue weighted by Gasteiger charge is 2.54. The minimum absolute atomic E-state index is 0.0246. The van der Waals surface area contributed by atoms with Crippen molar-refractivity contribution in [2.24, 2.45) is 23.7 Å². The molecule has 0 aliphatic heterocycles. The molecule has 0 aromatic heterocycles. The Morgan fingerprint density at radius 1 is 1.47 bits per heavy atom. The van der Waals surface area contributed by atoms with E-state index in [9.17, 15) is 9.59 Å². The van der Waals surface area contributed by atoms with E-state index in [1.165, 1.54) is 7.11 Å². The van der Waals surface area contributed by atoms with E-state index in [2.05, 4.69) is 4.74 Å². The summed E-state index contributed by atoms with van der Waals surface area (Å²) in [4.78, 5) is 22.6. The number of carboxylic acid groups (broad SMARTS) is 1. The summed E-state index contributed by atoms with van der Waals surface area (Å²) in [7, 11) is 1.31. The molecular formula is C11H14O4. The molecule has 2 aliphatic carbocycles. The summed E-state index contributed by atoms with van der Waals surface area (Å²) in [5, 5.41) is 9.13. The number of hydrogen-bond donors (Lipinski definition) is 1. The summed E-state index contributed by atoms with van der Waals surface area (Å²) in [6.07, 6.45) is 2.80. The molecular weight excluding hydrogens is 196 g/mol. The van der Waals surface area contributed by atoms with E-state index in [4.69, 9.17) is 5.11 Å². The molecule has 0 spiro atoms. The number of esters is 1. The van der Waals surface area contributed by atoms with Crippen molar-refractivity contribution in [2.45, 2.75) is 13.3 Å². The van der Waals surface area contributed by atoms with Crippen molar-refractivity contribution >= 4 is 11.9 Å². The van der Waals surface area contributed by atoms with Crippen LogP contribution in [0.2, 0.25) is 0 Å². The SMILES string of the molecule is COC(=O)C1C2C=C(C)C(C2)C1C(=O)O. The van der Waals surface area contributed by atoms with Crippen LogP contribution in [0.25, 0.3) is 0 Å². The van der Waals surface area contributed by atoms with Crippen molar-refractivity contribution in [2.75, 3.05) is 7.11 Å². The first kappa shape index (κ1) is 10.2. The molecule has 15 heavy (non-hydrogen) atoms. The van der Waals surface area contributed by atoms with Crippen LogP contribution in [0.3, 0.4) is 0 Å². The fourth-order valence-corrected chi connectivity index (χ4v) is 2.99. The second-order valence-electron chi connectivity index (χ2n) is 4.33. The van der Waals surface area contributed by atoms with Crippen molar-refractivity contribution < 1.29 is 19.4 Å². The van der Waals surface area contributed by atoms with Gasteiger partial charge in [-0.3, -0.25) is 9.59 Å². The molecule has 1 N–H and O–H groups in total. The first-order chi connectivity index (χ1) is 7.06. The number of carbonyl (C=O) groups excluding carboxylic acids is 1. The van der Waals surface area contributed by atoms with Crippen molar-refractivity contribution in [3.63, 3.8) is 0 Å². The van der Waals surface area contributed by atoms with Crippen molar-refractivity contribution in [1.82, 2.24) is 0 Å². The summed E-state index contributed by atoms with van der Waals surface area (Å²) in [5.74, 6) is -2.27. The molecule has 2 bridgehead atoms. The predicted molar refractivity (Wildman–Crippen MR) is 52.0 cm³/mol. The second-order valence-corrected chi connectivity index (χ2v) is 4.33. The number of carbonyl (C=O) groups is 2. The van der Waals surface area contributed by atoms with Crippen LogP contribution in [0.1, 0.15) is 13.3 Å². The number of hydrogen-bond acceptors (Lipinski definition) is 3. The standard InChI is InChI=1S/C11H14O4/c1-5-3-6-4-7(5)9(10(12)13)8(6)11(14)15-2/h3,6-9H,4H2,1-2H3,(H,12,13). The number of fused-ring (bicyclic) bond motifs is 2. The molecule has 82 valence electrons. The molecule has 1 fully saturated rings. The Morgan fingerprint density at radius 2 is 2.13 bits per heavy atom. The molecule has 4 unspecified atom stereocenters. The largest absolute Gasteiger partial charge is 0.481 e. The zero-order valence-corrected chi connectivity index (χ0v) is 8.77. The van der Waals surface area contributed by atoms with Gasteiger partial charge >= 0.3 is 11.9 Å². The summed E-state index contributed by atoms with van der Waals surface area (Å²) < 4.78 is 4.67. The molecule has 0 heterocycles. The third-order valence-electron chi connectivity index (χ3n) is 3.63. The lowest BCUT2D eigenvalue weighted by Crippen LogP contribution is -2.34. The van der Waals surface area contributed by atoms with E-state index < -0.39 is 23.8 Å². The Hall–Kier alpha value is -1.32. The van der Waals surface area contributed by atoms with E-state index in [1.807, 2.05) is 13.0 Å². The summed E-state index contributed by atoms with van der Waals surface area (Å²) in [6, 6.07) is 0. The van der Waals surface area contributed by atoms with Gasteiger partial charge in [0, 0.05) is 0 Å². The first-order valence-corrected chi connectivity index (χ1v) is 5.05. The maximum Gasteiger partial charge on any atom is 0.310 e. The molecule has 4 atom stereocenters. The first-order valence-electron chi connectivity index (χ1n) is 5.05. The molecule has 4 heteroatoms. The van der Waals surface area contributed by atoms with Gasteiger partial charge in [0.05, 0.1) is 18.9 Å². The van der Waals surface area contributed by atoms with Gasteiger partial charge in [0.15, 0.2) is 0 Å². The van der Waals surface area contributed by atoms with E-state index in [0.29, 0.717) is 0 Å². The third kappa shape index (κ3) is 1.35. The fourth-order valence-electron chi connectivity index (χ4n) is 2.99. The van der Waals surface area contributed by atoms with Gasteiger partial charge in [0.25, 0.3) is 0 Å². The van der Waals surface area contributed by atoms with Crippen LogP contribution < -0.4 is 0 Å². The van der Waals surface area contributed by atoms with Gasteiger partial charge in [-0.2, -0.15) is 0 Å². The molecule has 2 rings (SSSR count). The van der Waals surface area contributed by atoms with Crippen LogP contribution in [0.15, 0.2) is 11.6 Å². The van der Waals surface area contributed by atoms with Gasteiger partial charge in [0.1, 0.15) is 0 Å². The monoisotopic (exact) mass is 210 g/mol. The lowest BCUT2D eigenvalue weighted by Gasteiger charge is -2.24. The number of allylic oxidation sites excluding steroid dienone is 2. The lowest BCUT2D eigenvalue weighted by molar-refractivity contribution is -0.156. The third-order valence-corrected chi connectivity index (χ3v) is 3.63. The van der Waals surface area contributed by atoms with Crippen molar-refractivity contribution in [3.8, 4) is 0 Å². The van der Waals surface area contributed by atoms with Gasteiger partial charge in [-0.15, -0.1) is 0 Å². The maximum absolute atomic E-state index is 11.5. The summed E-state index contributed by atoms with van der Waals surface area (Å²) >= 11 is 0. The van der Waals surface area contributed by atoms with E-state index >= 15 is 0 Å². The zero-order chi connectivity index (χ0) is 11.2. The number of methoxy groups -OCH3 is 1. The molecule has 0 aromatic rings. The number of rotatable bonds is 2. The molecule has 0 saturated heterocycles. The maximum atomic E-state index is 11.5. The van der Waals surface area contributed by atoms with Crippen LogP contribution in [-0.4, -0.2) is 24.2 Å². The van der Waals surface area contributed by atoms with Gasteiger partial charge in [0.2, 0.25) is 0 Å². The number of carboxylic acids is 1. The van der Waals surface area contributed by atoms with Crippen LogP contribution in [0.4, 0.5) is 0 Å². The molecule has 4 nitrogen and oxygen atoms in total. The van der Waals surface area contributed by atoms with Crippen LogP contribution in [-0.2, 0) is 14.3 Å². The normalized spacial score (nSPS) is 37.6. The highest BCUT2D eigenvalue weighted by molar-refractivity contribution is 5.83. The summed E-state index contributed by atoms with van der Waals surface area (Å²) in [6.45, 7) is 1.94. The number of ether oxygens (including phenoxy) is 1. The summed E-state index contributed by atoms with van der Waals surface area (Å²) in [5.41, 5.74) is 1.10. The smallest absolute Gasteiger partial charge is 0.310 e. The minimum Gasteiger partial charge on any atom is -0.481 e. The Labute approximate surface area is 87.9 Å². The Kier molecular flexibility index (Phi) is 2.29.